The van der Waals surface area contributed by atoms with Crippen molar-refractivity contribution in [2.45, 2.75) is 12.8 Å². The van der Waals surface area contributed by atoms with Gasteiger partial charge in [-0.05, 0) is 48.4 Å². The van der Waals surface area contributed by atoms with Crippen molar-refractivity contribution in [3.05, 3.63) is 65.0 Å². The van der Waals surface area contributed by atoms with Crippen LogP contribution in [-0.2, 0) is 0 Å². The summed E-state index contributed by atoms with van der Waals surface area (Å²) in [5.74, 6) is -1.21. The number of carbonyl (C=O) groups excluding carboxylic acids is 1. The third-order valence-corrected chi connectivity index (χ3v) is 3.17. The van der Waals surface area contributed by atoms with Crippen LogP contribution in [-0.4, -0.2) is 12.9 Å². The van der Waals surface area contributed by atoms with Crippen molar-refractivity contribution >= 4 is 5.78 Å². The van der Waals surface area contributed by atoms with E-state index in [1.165, 1.54) is 13.2 Å². The Balaban J connectivity index is 2.36. The maximum absolute atomic E-state index is 13.4. The molecule has 0 heterocycles. The predicted molar refractivity (Wildman–Crippen MR) is 76.8 cm³/mol. The van der Waals surface area contributed by atoms with Crippen LogP contribution in [0.3, 0.4) is 0 Å². The van der Waals surface area contributed by atoms with Gasteiger partial charge in [-0.1, -0.05) is 12.1 Å². The minimum atomic E-state index is -0.961. The van der Waals surface area contributed by atoms with Crippen molar-refractivity contribution in [1.29, 1.82) is 5.26 Å². The summed E-state index contributed by atoms with van der Waals surface area (Å²) in [5, 5.41) is 9.28. The van der Waals surface area contributed by atoms with Crippen molar-refractivity contribution in [2.75, 3.05) is 7.11 Å². The van der Waals surface area contributed by atoms with E-state index in [1.807, 2.05) is 6.07 Å². The van der Waals surface area contributed by atoms with Crippen LogP contribution in [0.4, 0.5) is 4.39 Å². The van der Waals surface area contributed by atoms with E-state index >= 15 is 0 Å². The number of hydrogen-bond donors (Lipinski definition) is 0. The molecular formula is C17H14FNO2. The van der Waals surface area contributed by atoms with Crippen molar-refractivity contribution in [3.8, 4) is 11.8 Å². The number of carbonyl (C=O) groups is 1. The number of ether oxygens (including phenoxy) is 1. The highest BCUT2D eigenvalue weighted by atomic mass is 19.1. The molecule has 0 aliphatic heterocycles. The summed E-state index contributed by atoms with van der Waals surface area (Å²) in [7, 11) is 1.54. The van der Waals surface area contributed by atoms with Crippen LogP contribution in [0, 0.1) is 24.1 Å². The highest BCUT2D eigenvalue weighted by Gasteiger charge is 2.22. The topological polar surface area (TPSA) is 50.1 Å². The fraction of sp³-hybridized carbons (Fsp3) is 0.176. The van der Waals surface area contributed by atoms with E-state index in [-0.39, 0.29) is 5.56 Å². The van der Waals surface area contributed by atoms with Crippen LogP contribution in [0.25, 0.3) is 0 Å². The molecule has 0 aromatic heterocycles. The molecule has 3 nitrogen and oxygen atoms in total. The van der Waals surface area contributed by atoms with Gasteiger partial charge in [-0.25, -0.2) is 4.39 Å². The Bertz CT molecular complexity index is 681. The van der Waals surface area contributed by atoms with E-state index in [1.54, 1.807) is 37.3 Å². The van der Waals surface area contributed by atoms with Gasteiger partial charge in [-0.15, -0.1) is 0 Å². The normalized spacial score (nSPS) is 11.5. The lowest BCUT2D eigenvalue weighted by atomic mass is 9.91. The van der Waals surface area contributed by atoms with Crippen molar-refractivity contribution in [2.24, 2.45) is 0 Å². The molecule has 0 spiro atoms. The van der Waals surface area contributed by atoms with Gasteiger partial charge < -0.3 is 4.74 Å². The smallest absolute Gasteiger partial charge is 0.184 e. The number of hydrogen-bond acceptors (Lipinski definition) is 3. The molecule has 106 valence electrons. The summed E-state index contributed by atoms with van der Waals surface area (Å²) in [5.41, 5.74) is 1.41. The van der Waals surface area contributed by atoms with Gasteiger partial charge in [0.2, 0.25) is 0 Å². The summed E-state index contributed by atoms with van der Waals surface area (Å²) < 4.78 is 18.4. The first-order chi connectivity index (χ1) is 10.0. The lowest BCUT2D eigenvalue weighted by Gasteiger charge is -2.10. The molecule has 4 heteroatoms. The fourth-order valence-corrected chi connectivity index (χ4v) is 2.13. The first-order valence-electron chi connectivity index (χ1n) is 6.40. The number of rotatable bonds is 4. The van der Waals surface area contributed by atoms with Gasteiger partial charge >= 0.3 is 0 Å². The Morgan fingerprint density at radius 2 is 1.90 bits per heavy atom. The molecule has 0 N–H and O–H groups in total. The summed E-state index contributed by atoms with van der Waals surface area (Å²) in [4.78, 5) is 12.4. The van der Waals surface area contributed by atoms with Crippen molar-refractivity contribution in [3.63, 3.8) is 0 Å². The molecule has 2 aromatic carbocycles. The third kappa shape index (κ3) is 3.26. The Labute approximate surface area is 122 Å². The average molecular weight is 283 g/mol. The van der Waals surface area contributed by atoms with E-state index in [0.717, 1.165) is 6.07 Å². The standard InChI is InChI=1S/C17H14FNO2/c1-11-7-13(9-14(18)8-11)17(20)16(10-19)12-3-5-15(21-2)6-4-12/h3-9,16H,1-2H3. The second kappa shape index (κ2) is 6.19. The lowest BCUT2D eigenvalue weighted by Crippen LogP contribution is -2.11. The third-order valence-electron chi connectivity index (χ3n) is 3.17. The Morgan fingerprint density at radius 3 is 2.43 bits per heavy atom. The minimum Gasteiger partial charge on any atom is -0.497 e. The molecule has 0 saturated heterocycles. The highest BCUT2D eigenvalue weighted by Crippen LogP contribution is 2.23. The van der Waals surface area contributed by atoms with Crippen LogP contribution < -0.4 is 4.74 Å². The Hall–Kier alpha value is -2.67. The molecule has 0 radical (unpaired) electrons. The number of nitriles is 1. The van der Waals surface area contributed by atoms with Crippen LogP contribution in [0.15, 0.2) is 42.5 Å². The molecule has 0 aliphatic rings. The monoisotopic (exact) mass is 283 g/mol. The molecular weight excluding hydrogens is 269 g/mol. The van der Waals surface area contributed by atoms with Gasteiger partial charge in [0.05, 0.1) is 13.2 Å². The first kappa shape index (κ1) is 14.7. The van der Waals surface area contributed by atoms with Crippen LogP contribution in [0.1, 0.15) is 27.4 Å². The quantitative estimate of drug-likeness (QED) is 0.805. The number of methoxy groups -OCH3 is 1. The zero-order valence-electron chi connectivity index (χ0n) is 11.8. The second-order valence-electron chi connectivity index (χ2n) is 4.72. The summed E-state index contributed by atoms with van der Waals surface area (Å²) >= 11 is 0. The number of ketones is 1. The van der Waals surface area contributed by atoms with E-state index in [4.69, 9.17) is 4.74 Å². The average Bonchev–Trinajstić information content (AvgIpc) is 2.47. The molecule has 2 rings (SSSR count). The van der Waals surface area contributed by atoms with Gasteiger partial charge in [-0.2, -0.15) is 5.26 Å². The molecule has 0 bridgehead atoms. The zero-order chi connectivity index (χ0) is 15.4. The largest absolute Gasteiger partial charge is 0.497 e. The molecule has 0 aliphatic carbocycles. The van der Waals surface area contributed by atoms with Crippen molar-refractivity contribution in [1.82, 2.24) is 0 Å². The number of Topliss-reactive ketones (excluding diaryl/α,β-unsaturated/α-hetero) is 1. The molecule has 0 fully saturated rings. The Morgan fingerprint density at radius 1 is 1.24 bits per heavy atom. The maximum atomic E-state index is 13.4. The molecule has 0 amide bonds. The van der Waals surface area contributed by atoms with E-state index < -0.39 is 17.5 Å². The first-order valence-corrected chi connectivity index (χ1v) is 6.40. The summed E-state index contributed by atoms with van der Waals surface area (Å²) in [6.45, 7) is 1.70. The van der Waals surface area contributed by atoms with Crippen molar-refractivity contribution < 1.29 is 13.9 Å². The van der Waals surface area contributed by atoms with Gasteiger partial charge in [0, 0.05) is 5.56 Å². The molecule has 1 unspecified atom stereocenters. The molecule has 0 saturated carbocycles. The Kier molecular flexibility index (Phi) is 4.34. The van der Waals surface area contributed by atoms with E-state index in [9.17, 15) is 14.4 Å². The predicted octanol–water partition coefficient (Wildman–Crippen LogP) is 3.63. The lowest BCUT2D eigenvalue weighted by molar-refractivity contribution is 0.0978. The zero-order valence-corrected chi connectivity index (χ0v) is 11.8. The van der Waals surface area contributed by atoms with Crippen LogP contribution >= 0.6 is 0 Å². The van der Waals surface area contributed by atoms with Crippen LogP contribution in [0.2, 0.25) is 0 Å². The van der Waals surface area contributed by atoms with Gasteiger partial charge in [0.25, 0.3) is 0 Å². The van der Waals surface area contributed by atoms with E-state index in [2.05, 4.69) is 0 Å². The number of benzene rings is 2. The highest BCUT2D eigenvalue weighted by molar-refractivity contribution is 6.02. The van der Waals surface area contributed by atoms with E-state index in [0.29, 0.717) is 16.9 Å². The second-order valence-corrected chi connectivity index (χ2v) is 4.72. The number of aryl methyl sites for hydroxylation is 1. The number of nitrogens with zero attached hydrogens (tertiary/aromatic N) is 1. The molecule has 1 atom stereocenters. The van der Waals surface area contributed by atoms with Crippen LogP contribution in [0.5, 0.6) is 5.75 Å². The maximum Gasteiger partial charge on any atom is 0.184 e. The molecule has 2 aromatic rings. The fourth-order valence-electron chi connectivity index (χ4n) is 2.13. The summed E-state index contributed by atoms with van der Waals surface area (Å²) in [6.07, 6.45) is 0. The number of halogens is 1. The van der Waals surface area contributed by atoms with Gasteiger partial charge in [0.1, 0.15) is 17.5 Å². The summed E-state index contributed by atoms with van der Waals surface area (Å²) in [6, 6.07) is 12.8. The van der Waals surface area contributed by atoms with Gasteiger partial charge in [-0.3, -0.25) is 4.79 Å². The minimum absolute atomic E-state index is 0.204. The van der Waals surface area contributed by atoms with Gasteiger partial charge in [0.15, 0.2) is 5.78 Å². The molecule has 21 heavy (non-hydrogen) atoms. The SMILES string of the molecule is COc1ccc(C(C#N)C(=O)c2cc(C)cc(F)c2)cc1.